The molecule has 1 atom stereocenters. The van der Waals surface area contributed by atoms with Crippen LogP contribution >= 0.6 is 11.3 Å². The number of hydrogen-bond donors (Lipinski definition) is 3. The van der Waals surface area contributed by atoms with Crippen LogP contribution in [0.3, 0.4) is 0 Å². The molecule has 0 saturated heterocycles. The average molecular weight is 278 g/mol. The monoisotopic (exact) mass is 278 g/mol. The molecule has 2 amide bonds. The van der Waals surface area contributed by atoms with Crippen molar-refractivity contribution in [2.75, 3.05) is 5.32 Å². The molecular weight excluding hydrogens is 268 g/mol. The molecule has 0 unspecified atom stereocenters. The van der Waals surface area contributed by atoms with E-state index >= 15 is 0 Å². The largest absolute Gasteiger partial charge is 0.479 e. The van der Waals surface area contributed by atoms with Crippen LogP contribution in [0.5, 0.6) is 0 Å². The van der Waals surface area contributed by atoms with Gasteiger partial charge in [0, 0.05) is 0 Å². The highest BCUT2D eigenvalue weighted by molar-refractivity contribution is 7.13. The second-order valence-corrected chi connectivity index (χ2v) is 4.36. The van der Waals surface area contributed by atoms with Gasteiger partial charge >= 0.3 is 12.0 Å². The van der Waals surface area contributed by atoms with Crippen LogP contribution in [0, 0.1) is 0 Å². The van der Waals surface area contributed by atoms with E-state index < -0.39 is 18.0 Å². The Bertz CT molecular complexity index is 559. The number of nitrogens with zero attached hydrogens (tertiary/aromatic N) is 2. The molecule has 8 heteroatoms. The SMILES string of the molecule is O=C(Nc1nncs1)N[C@@H](C(=O)O)c1ccccc1. The third-order valence-electron chi connectivity index (χ3n) is 2.24. The molecule has 0 spiro atoms. The summed E-state index contributed by atoms with van der Waals surface area (Å²) in [6, 6.07) is 6.67. The number of aromatic nitrogens is 2. The van der Waals surface area contributed by atoms with Crippen molar-refractivity contribution in [2.45, 2.75) is 6.04 Å². The Hall–Kier alpha value is -2.48. The zero-order chi connectivity index (χ0) is 13.7. The van der Waals surface area contributed by atoms with Gasteiger partial charge in [-0.3, -0.25) is 5.32 Å². The third kappa shape index (κ3) is 3.49. The first-order valence-electron chi connectivity index (χ1n) is 5.28. The van der Waals surface area contributed by atoms with Crippen molar-refractivity contribution < 1.29 is 14.7 Å². The number of hydrogen-bond acceptors (Lipinski definition) is 5. The van der Waals surface area contributed by atoms with E-state index in [4.69, 9.17) is 5.11 Å². The van der Waals surface area contributed by atoms with Gasteiger partial charge in [-0.1, -0.05) is 41.7 Å². The van der Waals surface area contributed by atoms with Crippen LogP contribution in [0.1, 0.15) is 11.6 Å². The van der Waals surface area contributed by atoms with Gasteiger partial charge in [0.1, 0.15) is 5.51 Å². The molecule has 1 heterocycles. The Balaban J connectivity index is 2.05. The zero-order valence-electron chi connectivity index (χ0n) is 9.61. The normalized spacial score (nSPS) is 11.6. The highest BCUT2D eigenvalue weighted by Gasteiger charge is 2.22. The lowest BCUT2D eigenvalue weighted by atomic mass is 10.1. The van der Waals surface area contributed by atoms with Gasteiger partial charge in [0.15, 0.2) is 6.04 Å². The second kappa shape index (κ2) is 5.91. The summed E-state index contributed by atoms with van der Waals surface area (Å²) in [6.45, 7) is 0. The fourth-order valence-electron chi connectivity index (χ4n) is 1.42. The van der Waals surface area contributed by atoms with Crippen LogP contribution in [0.2, 0.25) is 0 Å². The molecular formula is C11H10N4O3S. The maximum Gasteiger partial charge on any atom is 0.330 e. The minimum absolute atomic E-state index is 0.301. The van der Waals surface area contributed by atoms with Crippen LogP contribution in [-0.4, -0.2) is 27.3 Å². The number of aliphatic carboxylic acids is 1. The standard InChI is InChI=1S/C11H10N4O3S/c16-9(17)8(7-4-2-1-3-5-7)13-10(18)14-11-15-12-6-19-11/h1-6,8H,(H,16,17)(H2,13,14,15,18)/t8-/m1/s1. The predicted octanol–water partition coefficient (Wildman–Crippen LogP) is 1.49. The lowest BCUT2D eigenvalue weighted by molar-refractivity contribution is -0.139. The molecule has 19 heavy (non-hydrogen) atoms. The summed E-state index contributed by atoms with van der Waals surface area (Å²) in [7, 11) is 0. The Labute approximate surface area is 112 Å². The number of rotatable bonds is 4. The lowest BCUT2D eigenvalue weighted by Gasteiger charge is -2.14. The summed E-state index contributed by atoms with van der Waals surface area (Å²) in [5.74, 6) is -1.14. The molecule has 1 aromatic carbocycles. The van der Waals surface area contributed by atoms with E-state index in [0.29, 0.717) is 10.7 Å². The highest BCUT2D eigenvalue weighted by Crippen LogP contribution is 2.13. The van der Waals surface area contributed by atoms with E-state index in [1.807, 2.05) is 0 Å². The van der Waals surface area contributed by atoms with E-state index in [9.17, 15) is 9.59 Å². The van der Waals surface area contributed by atoms with Gasteiger partial charge in [0.25, 0.3) is 0 Å². The Kier molecular flexibility index (Phi) is 4.04. The van der Waals surface area contributed by atoms with Crippen molar-refractivity contribution in [1.82, 2.24) is 15.5 Å². The maximum atomic E-state index is 11.7. The maximum absolute atomic E-state index is 11.7. The number of carbonyl (C=O) groups excluding carboxylic acids is 1. The number of benzene rings is 1. The number of urea groups is 1. The van der Waals surface area contributed by atoms with Crippen LogP contribution < -0.4 is 10.6 Å². The van der Waals surface area contributed by atoms with Crippen molar-refractivity contribution in [3.8, 4) is 0 Å². The number of anilines is 1. The molecule has 0 aliphatic rings. The fourth-order valence-corrected chi connectivity index (χ4v) is 1.87. The molecule has 0 bridgehead atoms. The van der Waals surface area contributed by atoms with E-state index in [0.717, 1.165) is 11.3 Å². The van der Waals surface area contributed by atoms with Gasteiger partial charge in [0.05, 0.1) is 0 Å². The van der Waals surface area contributed by atoms with Crippen LogP contribution in [0.25, 0.3) is 0 Å². The minimum atomic E-state index is -1.14. The van der Waals surface area contributed by atoms with E-state index in [2.05, 4.69) is 20.8 Å². The second-order valence-electron chi connectivity index (χ2n) is 3.52. The van der Waals surface area contributed by atoms with Crippen molar-refractivity contribution >= 4 is 28.5 Å². The molecule has 7 nitrogen and oxygen atoms in total. The summed E-state index contributed by atoms with van der Waals surface area (Å²) in [5.41, 5.74) is 1.95. The van der Waals surface area contributed by atoms with Gasteiger partial charge in [-0.15, -0.1) is 10.2 Å². The van der Waals surface area contributed by atoms with Gasteiger partial charge in [-0.25, -0.2) is 9.59 Å². The van der Waals surface area contributed by atoms with Gasteiger partial charge in [0.2, 0.25) is 5.13 Å². The molecule has 3 N–H and O–H groups in total. The molecule has 2 aromatic rings. The van der Waals surface area contributed by atoms with Crippen molar-refractivity contribution in [1.29, 1.82) is 0 Å². The molecule has 98 valence electrons. The number of amides is 2. The topological polar surface area (TPSA) is 104 Å². The molecule has 2 rings (SSSR count). The van der Waals surface area contributed by atoms with E-state index in [-0.39, 0.29) is 0 Å². The molecule has 1 aromatic heterocycles. The first-order chi connectivity index (χ1) is 9.16. The number of carbonyl (C=O) groups is 2. The highest BCUT2D eigenvalue weighted by atomic mass is 32.1. The summed E-state index contributed by atoms with van der Waals surface area (Å²) in [4.78, 5) is 22.8. The average Bonchev–Trinajstić information content (AvgIpc) is 2.89. The quantitative estimate of drug-likeness (QED) is 0.786. The van der Waals surface area contributed by atoms with Gasteiger partial charge in [-0.05, 0) is 5.56 Å². The van der Waals surface area contributed by atoms with Crippen molar-refractivity contribution in [3.05, 3.63) is 41.4 Å². The van der Waals surface area contributed by atoms with Crippen LogP contribution in [-0.2, 0) is 4.79 Å². The van der Waals surface area contributed by atoms with E-state index in [1.54, 1.807) is 30.3 Å². The van der Waals surface area contributed by atoms with Gasteiger partial charge < -0.3 is 10.4 Å². The Morgan fingerprint density at radius 2 is 2.00 bits per heavy atom. The van der Waals surface area contributed by atoms with E-state index in [1.165, 1.54) is 5.51 Å². The number of nitrogens with one attached hydrogen (secondary N) is 2. The summed E-state index contributed by atoms with van der Waals surface area (Å²) in [5, 5.41) is 21.4. The zero-order valence-corrected chi connectivity index (χ0v) is 10.4. The molecule has 0 fully saturated rings. The first-order valence-corrected chi connectivity index (χ1v) is 6.16. The smallest absolute Gasteiger partial charge is 0.330 e. The predicted molar refractivity (Wildman–Crippen MR) is 68.9 cm³/mol. The number of carboxylic acid groups (broad SMARTS) is 1. The Morgan fingerprint density at radius 3 is 2.58 bits per heavy atom. The molecule has 0 aliphatic heterocycles. The summed E-state index contributed by atoms with van der Waals surface area (Å²) < 4.78 is 0. The minimum Gasteiger partial charge on any atom is -0.479 e. The third-order valence-corrected chi connectivity index (χ3v) is 2.84. The lowest BCUT2D eigenvalue weighted by Crippen LogP contribution is -2.36. The van der Waals surface area contributed by atoms with Crippen molar-refractivity contribution in [2.24, 2.45) is 0 Å². The molecule has 0 saturated carbocycles. The molecule has 0 radical (unpaired) electrons. The fraction of sp³-hybridized carbons (Fsp3) is 0.0909. The van der Waals surface area contributed by atoms with Crippen LogP contribution in [0.4, 0.5) is 9.93 Å². The van der Waals surface area contributed by atoms with Crippen molar-refractivity contribution in [3.63, 3.8) is 0 Å². The first kappa shape index (κ1) is 13.0. The number of carboxylic acids is 1. The van der Waals surface area contributed by atoms with Gasteiger partial charge in [-0.2, -0.15) is 0 Å². The van der Waals surface area contributed by atoms with Crippen LogP contribution in [0.15, 0.2) is 35.8 Å². The Morgan fingerprint density at radius 1 is 1.26 bits per heavy atom. The summed E-state index contributed by atoms with van der Waals surface area (Å²) in [6.07, 6.45) is 0. The molecule has 0 aliphatic carbocycles. The summed E-state index contributed by atoms with van der Waals surface area (Å²) >= 11 is 1.14.